The maximum absolute atomic E-state index is 11.9. The summed E-state index contributed by atoms with van der Waals surface area (Å²) in [7, 11) is 0. The molecule has 1 atom stereocenters. The molecule has 0 radical (unpaired) electrons. The van der Waals surface area contributed by atoms with E-state index < -0.39 is 6.04 Å². The van der Waals surface area contributed by atoms with Crippen molar-refractivity contribution in [2.24, 2.45) is 5.73 Å². The highest BCUT2D eigenvalue weighted by Crippen LogP contribution is 2.29. The van der Waals surface area contributed by atoms with Gasteiger partial charge in [-0.05, 0) is 25.0 Å². The summed E-state index contributed by atoms with van der Waals surface area (Å²) < 4.78 is 5.92. The van der Waals surface area contributed by atoms with Crippen molar-refractivity contribution in [1.29, 1.82) is 0 Å². The summed E-state index contributed by atoms with van der Waals surface area (Å²) >= 11 is 0. The fraction of sp³-hybridized carbons (Fsp3) is 0.312. The number of rotatable bonds is 2. The SMILES string of the molecule is C[C@@H](N)C(=O)N1CCc2cc(-c3ccccc3)oc2C1. The molecule has 0 fully saturated rings. The number of benzene rings is 1. The van der Waals surface area contributed by atoms with Crippen LogP contribution in [0.3, 0.4) is 0 Å². The van der Waals surface area contributed by atoms with Gasteiger partial charge in [-0.3, -0.25) is 4.79 Å². The van der Waals surface area contributed by atoms with Gasteiger partial charge in [0.2, 0.25) is 5.91 Å². The van der Waals surface area contributed by atoms with Crippen molar-refractivity contribution in [1.82, 2.24) is 4.90 Å². The van der Waals surface area contributed by atoms with Gasteiger partial charge in [-0.25, -0.2) is 0 Å². The topological polar surface area (TPSA) is 59.5 Å². The Balaban J connectivity index is 1.85. The third-order valence-corrected chi connectivity index (χ3v) is 3.64. The zero-order valence-corrected chi connectivity index (χ0v) is 11.5. The zero-order valence-electron chi connectivity index (χ0n) is 11.5. The molecule has 1 aromatic carbocycles. The minimum Gasteiger partial charge on any atom is -0.459 e. The monoisotopic (exact) mass is 270 g/mol. The number of carbonyl (C=O) groups is 1. The van der Waals surface area contributed by atoms with E-state index in [2.05, 4.69) is 6.07 Å². The molecule has 0 unspecified atom stereocenters. The highest BCUT2D eigenvalue weighted by Gasteiger charge is 2.25. The number of hydrogen-bond acceptors (Lipinski definition) is 3. The average molecular weight is 270 g/mol. The summed E-state index contributed by atoms with van der Waals surface area (Å²) in [5, 5.41) is 0. The standard InChI is InChI=1S/C16H18N2O2/c1-11(17)16(19)18-8-7-13-9-14(20-15(13)10-18)12-5-3-2-4-6-12/h2-6,9,11H,7-8,10,17H2,1H3/t11-/m1/s1. The minimum absolute atomic E-state index is 0.0201. The molecule has 1 aliphatic heterocycles. The molecule has 3 rings (SSSR count). The Hall–Kier alpha value is -2.07. The van der Waals surface area contributed by atoms with Crippen LogP contribution in [0.4, 0.5) is 0 Å². The first-order valence-corrected chi connectivity index (χ1v) is 6.86. The predicted octanol–water partition coefficient (Wildman–Crippen LogP) is 2.18. The van der Waals surface area contributed by atoms with Crippen molar-refractivity contribution in [3.8, 4) is 11.3 Å². The van der Waals surface area contributed by atoms with Gasteiger partial charge in [-0.15, -0.1) is 0 Å². The maximum atomic E-state index is 11.9. The lowest BCUT2D eigenvalue weighted by molar-refractivity contribution is -0.133. The third-order valence-electron chi connectivity index (χ3n) is 3.64. The summed E-state index contributed by atoms with van der Waals surface area (Å²) in [6.45, 7) is 2.94. The van der Waals surface area contributed by atoms with Crippen LogP contribution in [-0.2, 0) is 17.8 Å². The Bertz CT molecular complexity index is 617. The van der Waals surface area contributed by atoms with Crippen LogP contribution in [0.15, 0.2) is 40.8 Å². The second kappa shape index (κ2) is 5.13. The van der Waals surface area contributed by atoms with E-state index in [0.29, 0.717) is 13.1 Å². The van der Waals surface area contributed by atoms with E-state index in [-0.39, 0.29) is 5.91 Å². The zero-order chi connectivity index (χ0) is 14.1. The van der Waals surface area contributed by atoms with E-state index in [9.17, 15) is 4.79 Å². The van der Waals surface area contributed by atoms with Crippen LogP contribution in [0.2, 0.25) is 0 Å². The van der Waals surface area contributed by atoms with Gasteiger partial charge in [0.25, 0.3) is 0 Å². The van der Waals surface area contributed by atoms with Crippen LogP contribution < -0.4 is 5.73 Å². The lowest BCUT2D eigenvalue weighted by Gasteiger charge is -2.27. The summed E-state index contributed by atoms with van der Waals surface area (Å²) in [5.41, 5.74) is 7.92. The second-order valence-corrected chi connectivity index (χ2v) is 5.22. The summed E-state index contributed by atoms with van der Waals surface area (Å²) in [6, 6.07) is 11.6. The number of carbonyl (C=O) groups excluding carboxylic acids is 1. The van der Waals surface area contributed by atoms with Crippen molar-refractivity contribution in [3.63, 3.8) is 0 Å². The molecule has 2 N–H and O–H groups in total. The number of nitrogens with zero attached hydrogens (tertiary/aromatic N) is 1. The van der Waals surface area contributed by atoms with Gasteiger partial charge in [0.15, 0.2) is 0 Å². The largest absolute Gasteiger partial charge is 0.459 e. The normalized spacial score (nSPS) is 15.8. The number of amides is 1. The van der Waals surface area contributed by atoms with Crippen molar-refractivity contribution in [3.05, 3.63) is 47.7 Å². The Morgan fingerprint density at radius 1 is 1.35 bits per heavy atom. The summed E-state index contributed by atoms with van der Waals surface area (Å²) in [5.74, 6) is 1.73. The summed E-state index contributed by atoms with van der Waals surface area (Å²) in [4.78, 5) is 13.7. The molecular formula is C16H18N2O2. The number of nitrogens with two attached hydrogens (primary N) is 1. The summed E-state index contributed by atoms with van der Waals surface area (Å²) in [6.07, 6.45) is 0.824. The van der Waals surface area contributed by atoms with Crippen LogP contribution >= 0.6 is 0 Å². The van der Waals surface area contributed by atoms with Crippen molar-refractivity contribution in [2.75, 3.05) is 6.54 Å². The molecule has 0 aliphatic carbocycles. The predicted molar refractivity (Wildman–Crippen MR) is 76.9 cm³/mol. The highest BCUT2D eigenvalue weighted by molar-refractivity contribution is 5.81. The molecule has 2 heterocycles. The lowest BCUT2D eigenvalue weighted by Crippen LogP contribution is -2.44. The van der Waals surface area contributed by atoms with Gasteiger partial charge in [0.05, 0.1) is 12.6 Å². The van der Waals surface area contributed by atoms with Gasteiger partial charge in [-0.2, -0.15) is 0 Å². The van der Waals surface area contributed by atoms with E-state index >= 15 is 0 Å². The quantitative estimate of drug-likeness (QED) is 0.910. The molecule has 1 aliphatic rings. The van der Waals surface area contributed by atoms with Crippen LogP contribution in [0, 0.1) is 0 Å². The Morgan fingerprint density at radius 3 is 2.80 bits per heavy atom. The van der Waals surface area contributed by atoms with Crippen molar-refractivity contribution in [2.45, 2.75) is 25.9 Å². The van der Waals surface area contributed by atoms with Crippen LogP contribution in [0.5, 0.6) is 0 Å². The average Bonchev–Trinajstić information content (AvgIpc) is 2.90. The smallest absolute Gasteiger partial charge is 0.239 e. The van der Waals surface area contributed by atoms with E-state index in [1.807, 2.05) is 30.3 Å². The van der Waals surface area contributed by atoms with Gasteiger partial charge in [0, 0.05) is 12.1 Å². The van der Waals surface area contributed by atoms with E-state index in [4.69, 9.17) is 10.2 Å². The van der Waals surface area contributed by atoms with Crippen LogP contribution in [-0.4, -0.2) is 23.4 Å². The van der Waals surface area contributed by atoms with E-state index in [0.717, 1.165) is 23.5 Å². The lowest BCUT2D eigenvalue weighted by atomic mass is 10.1. The highest BCUT2D eigenvalue weighted by atomic mass is 16.3. The Morgan fingerprint density at radius 2 is 2.10 bits per heavy atom. The first kappa shape index (κ1) is 12.9. The maximum Gasteiger partial charge on any atom is 0.239 e. The third kappa shape index (κ3) is 2.34. The van der Waals surface area contributed by atoms with E-state index in [1.54, 1.807) is 11.8 Å². The minimum atomic E-state index is -0.458. The molecule has 2 aromatic rings. The number of hydrogen-bond donors (Lipinski definition) is 1. The van der Waals surface area contributed by atoms with Gasteiger partial charge >= 0.3 is 0 Å². The number of fused-ring (bicyclic) bond motifs is 1. The molecule has 0 saturated carbocycles. The molecule has 0 saturated heterocycles. The molecule has 1 aromatic heterocycles. The van der Waals surface area contributed by atoms with Gasteiger partial charge in [0.1, 0.15) is 11.5 Å². The van der Waals surface area contributed by atoms with Gasteiger partial charge < -0.3 is 15.1 Å². The molecule has 4 heteroatoms. The molecule has 0 spiro atoms. The Kier molecular flexibility index (Phi) is 3.32. The molecule has 104 valence electrons. The van der Waals surface area contributed by atoms with Crippen LogP contribution in [0.1, 0.15) is 18.2 Å². The first-order chi connectivity index (χ1) is 9.65. The second-order valence-electron chi connectivity index (χ2n) is 5.22. The Labute approximate surface area is 118 Å². The van der Waals surface area contributed by atoms with E-state index in [1.165, 1.54) is 5.56 Å². The van der Waals surface area contributed by atoms with Crippen molar-refractivity contribution < 1.29 is 9.21 Å². The molecule has 20 heavy (non-hydrogen) atoms. The molecular weight excluding hydrogens is 252 g/mol. The van der Waals surface area contributed by atoms with Crippen molar-refractivity contribution >= 4 is 5.91 Å². The molecule has 4 nitrogen and oxygen atoms in total. The fourth-order valence-corrected chi connectivity index (χ4v) is 2.54. The fourth-order valence-electron chi connectivity index (χ4n) is 2.54. The van der Waals surface area contributed by atoms with Crippen LogP contribution in [0.25, 0.3) is 11.3 Å². The molecule has 0 bridgehead atoms. The molecule has 1 amide bonds. The van der Waals surface area contributed by atoms with Gasteiger partial charge in [-0.1, -0.05) is 30.3 Å². The number of furan rings is 1. The first-order valence-electron chi connectivity index (χ1n) is 6.86.